The van der Waals surface area contributed by atoms with Crippen LogP contribution in [0.1, 0.15) is 40.5 Å². The number of hydrogen-bond acceptors (Lipinski definition) is 3. The van der Waals surface area contributed by atoms with E-state index in [1.54, 1.807) is 6.92 Å². The molecule has 0 aromatic carbocycles. The molecule has 1 fully saturated rings. The Labute approximate surface area is 107 Å². The molecular weight excluding hydrogens is 242 g/mol. The summed E-state index contributed by atoms with van der Waals surface area (Å²) in [5, 5.41) is 0. The van der Waals surface area contributed by atoms with Crippen molar-refractivity contribution in [1.29, 1.82) is 0 Å². The summed E-state index contributed by atoms with van der Waals surface area (Å²) >= 11 is 5.53. The summed E-state index contributed by atoms with van der Waals surface area (Å²) in [7, 11) is 0. The van der Waals surface area contributed by atoms with Gasteiger partial charge >= 0.3 is 6.09 Å². The van der Waals surface area contributed by atoms with Crippen LogP contribution in [0.3, 0.4) is 0 Å². The number of carbonyl (C=O) groups excluding carboxylic acids is 2. The Hall–Kier alpha value is -0.770. The summed E-state index contributed by atoms with van der Waals surface area (Å²) in [6, 6.07) is -0.373. The molecular formula is C12H20ClNO3. The zero-order chi connectivity index (χ0) is 13.2. The maximum absolute atomic E-state index is 12.0. The predicted octanol–water partition coefficient (Wildman–Crippen LogP) is 2.58. The van der Waals surface area contributed by atoms with E-state index in [0.717, 1.165) is 12.8 Å². The third-order valence-corrected chi connectivity index (χ3v) is 2.82. The first-order valence-corrected chi connectivity index (χ1v) is 6.39. The highest BCUT2D eigenvalue weighted by molar-refractivity contribution is 6.28. The van der Waals surface area contributed by atoms with Gasteiger partial charge in [0.2, 0.25) is 0 Å². The molecule has 0 aliphatic heterocycles. The number of ether oxygens (including phenoxy) is 1. The fourth-order valence-corrected chi connectivity index (χ4v) is 1.78. The van der Waals surface area contributed by atoms with E-state index >= 15 is 0 Å². The van der Waals surface area contributed by atoms with Crippen molar-refractivity contribution >= 4 is 23.5 Å². The van der Waals surface area contributed by atoms with E-state index in [1.807, 2.05) is 20.8 Å². The van der Waals surface area contributed by atoms with E-state index in [1.165, 1.54) is 4.90 Å². The van der Waals surface area contributed by atoms with Crippen LogP contribution in [0.25, 0.3) is 0 Å². The third kappa shape index (κ3) is 4.19. The first-order valence-electron chi connectivity index (χ1n) is 5.86. The third-order valence-electron chi connectivity index (χ3n) is 2.56. The first kappa shape index (κ1) is 14.3. The van der Waals surface area contributed by atoms with Crippen molar-refractivity contribution < 1.29 is 14.3 Å². The van der Waals surface area contributed by atoms with Gasteiger partial charge in [-0.1, -0.05) is 0 Å². The minimum absolute atomic E-state index is 0.0762. The number of alkyl halides is 1. The number of carbonyl (C=O) groups is 2. The second-order valence-corrected chi connectivity index (χ2v) is 5.66. The lowest BCUT2D eigenvalue weighted by Crippen LogP contribution is -2.47. The molecule has 0 aromatic heterocycles. The van der Waals surface area contributed by atoms with Crippen LogP contribution >= 0.6 is 11.6 Å². The predicted molar refractivity (Wildman–Crippen MR) is 66.3 cm³/mol. The molecule has 0 aromatic rings. The van der Waals surface area contributed by atoms with Gasteiger partial charge in [-0.25, -0.2) is 4.79 Å². The van der Waals surface area contributed by atoms with Gasteiger partial charge < -0.3 is 4.74 Å². The Kier molecular flexibility index (Phi) is 4.42. The van der Waals surface area contributed by atoms with Crippen molar-refractivity contribution in [2.45, 2.75) is 58.2 Å². The molecule has 0 bridgehead atoms. The topological polar surface area (TPSA) is 46.6 Å². The number of hydrogen-bond donors (Lipinski definition) is 0. The lowest BCUT2D eigenvalue weighted by atomic mass is 10.2. The molecule has 0 heterocycles. The average Bonchev–Trinajstić information content (AvgIpc) is 2.98. The SMILES string of the molecule is CC(C(=O)CCl)N(C(=O)OC(C)(C)C)C1CC1. The molecule has 5 heteroatoms. The summed E-state index contributed by atoms with van der Waals surface area (Å²) in [5.74, 6) is -0.225. The highest BCUT2D eigenvalue weighted by atomic mass is 35.5. The number of halogens is 1. The van der Waals surface area contributed by atoms with Crippen LogP contribution in [0.4, 0.5) is 4.79 Å². The highest BCUT2D eigenvalue weighted by Crippen LogP contribution is 2.30. The second-order valence-electron chi connectivity index (χ2n) is 5.39. The molecule has 1 saturated carbocycles. The average molecular weight is 262 g/mol. The minimum Gasteiger partial charge on any atom is -0.444 e. The normalized spacial score (nSPS) is 17.5. The Bertz CT molecular complexity index is 307. The van der Waals surface area contributed by atoms with E-state index in [4.69, 9.17) is 16.3 Å². The molecule has 1 unspecified atom stereocenters. The van der Waals surface area contributed by atoms with Crippen molar-refractivity contribution in [3.63, 3.8) is 0 Å². The second kappa shape index (κ2) is 5.25. The molecule has 17 heavy (non-hydrogen) atoms. The molecule has 98 valence electrons. The van der Waals surface area contributed by atoms with Crippen LogP contribution in [0.2, 0.25) is 0 Å². The molecule has 1 aliphatic rings. The van der Waals surface area contributed by atoms with Crippen molar-refractivity contribution in [1.82, 2.24) is 4.90 Å². The Morgan fingerprint density at radius 3 is 2.29 bits per heavy atom. The molecule has 1 rings (SSSR count). The molecule has 0 N–H and O–H groups in total. The number of Topliss-reactive ketones (excluding diaryl/α,β-unsaturated/α-hetero) is 1. The summed E-state index contributed by atoms with van der Waals surface area (Å²) in [5.41, 5.74) is -0.548. The van der Waals surface area contributed by atoms with Gasteiger partial charge in [0.1, 0.15) is 5.60 Å². The quantitative estimate of drug-likeness (QED) is 0.731. The molecule has 0 spiro atoms. The van der Waals surface area contributed by atoms with Crippen LogP contribution in [-0.2, 0) is 9.53 Å². The van der Waals surface area contributed by atoms with Gasteiger partial charge in [-0.2, -0.15) is 0 Å². The van der Waals surface area contributed by atoms with E-state index in [-0.39, 0.29) is 17.7 Å². The molecule has 4 nitrogen and oxygen atoms in total. The summed E-state index contributed by atoms with van der Waals surface area (Å²) in [6.45, 7) is 7.13. The van der Waals surface area contributed by atoms with Gasteiger partial charge in [-0.05, 0) is 40.5 Å². The van der Waals surface area contributed by atoms with E-state index in [2.05, 4.69) is 0 Å². The standard InChI is InChI=1S/C12H20ClNO3/c1-8(10(15)7-13)14(9-5-6-9)11(16)17-12(2,3)4/h8-9H,5-7H2,1-4H3. The fourth-order valence-electron chi connectivity index (χ4n) is 1.56. The number of nitrogens with zero attached hydrogens (tertiary/aromatic N) is 1. The Morgan fingerprint density at radius 1 is 1.41 bits per heavy atom. The number of amides is 1. The maximum atomic E-state index is 12.0. The molecule has 1 amide bonds. The van der Waals surface area contributed by atoms with Crippen molar-refractivity contribution in [3.8, 4) is 0 Å². The van der Waals surface area contributed by atoms with Gasteiger partial charge in [-0.15, -0.1) is 11.6 Å². The van der Waals surface area contributed by atoms with Gasteiger partial charge in [0, 0.05) is 6.04 Å². The van der Waals surface area contributed by atoms with Crippen LogP contribution < -0.4 is 0 Å². The van der Waals surface area contributed by atoms with Gasteiger partial charge in [0.05, 0.1) is 11.9 Å². The van der Waals surface area contributed by atoms with E-state index in [0.29, 0.717) is 0 Å². The largest absolute Gasteiger partial charge is 0.444 e. The van der Waals surface area contributed by atoms with E-state index in [9.17, 15) is 9.59 Å². The maximum Gasteiger partial charge on any atom is 0.411 e. The molecule has 1 atom stereocenters. The van der Waals surface area contributed by atoms with E-state index < -0.39 is 17.7 Å². The fraction of sp³-hybridized carbons (Fsp3) is 0.833. The van der Waals surface area contributed by atoms with Crippen molar-refractivity contribution in [3.05, 3.63) is 0 Å². The van der Waals surface area contributed by atoms with Crippen LogP contribution in [-0.4, -0.2) is 40.3 Å². The van der Waals surface area contributed by atoms with Crippen LogP contribution in [0.5, 0.6) is 0 Å². The Balaban J connectivity index is 2.72. The summed E-state index contributed by atoms with van der Waals surface area (Å²) in [6.07, 6.45) is 1.43. The monoisotopic (exact) mass is 261 g/mol. The zero-order valence-electron chi connectivity index (χ0n) is 10.8. The van der Waals surface area contributed by atoms with Gasteiger partial charge in [0.15, 0.2) is 5.78 Å². The van der Waals surface area contributed by atoms with Crippen LogP contribution in [0, 0.1) is 0 Å². The first-order chi connectivity index (χ1) is 7.76. The summed E-state index contributed by atoms with van der Waals surface area (Å²) < 4.78 is 5.31. The van der Waals surface area contributed by atoms with Gasteiger partial charge in [0.25, 0.3) is 0 Å². The summed E-state index contributed by atoms with van der Waals surface area (Å²) in [4.78, 5) is 25.1. The number of ketones is 1. The zero-order valence-corrected chi connectivity index (χ0v) is 11.6. The molecule has 0 radical (unpaired) electrons. The van der Waals surface area contributed by atoms with Crippen molar-refractivity contribution in [2.75, 3.05) is 5.88 Å². The van der Waals surface area contributed by atoms with Gasteiger partial charge in [-0.3, -0.25) is 9.69 Å². The minimum atomic E-state index is -0.548. The Morgan fingerprint density at radius 2 is 1.94 bits per heavy atom. The van der Waals surface area contributed by atoms with Crippen molar-refractivity contribution in [2.24, 2.45) is 0 Å². The molecule has 1 aliphatic carbocycles. The number of rotatable bonds is 4. The highest BCUT2D eigenvalue weighted by Gasteiger charge is 2.40. The lowest BCUT2D eigenvalue weighted by Gasteiger charge is -2.30. The van der Waals surface area contributed by atoms with Crippen LogP contribution in [0.15, 0.2) is 0 Å². The smallest absolute Gasteiger partial charge is 0.411 e. The molecule has 0 saturated heterocycles. The lowest BCUT2D eigenvalue weighted by molar-refractivity contribution is -0.121.